The number of carbonyl (C=O) groups excluding carboxylic acids is 2. The molecule has 0 radical (unpaired) electrons. The van der Waals surface area contributed by atoms with Crippen molar-refractivity contribution in [3.05, 3.63) is 65.5 Å². The third-order valence-electron chi connectivity index (χ3n) is 5.16. The van der Waals surface area contributed by atoms with Gasteiger partial charge in [0.25, 0.3) is 0 Å². The lowest BCUT2D eigenvalue weighted by molar-refractivity contribution is -0.117. The third kappa shape index (κ3) is 4.38. The monoisotopic (exact) mass is 422 g/mol. The molecule has 1 aliphatic heterocycles. The maximum atomic E-state index is 12.5. The topological polar surface area (TPSA) is 88.3 Å². The van der Waals surface area contributed by atoms with E-state index < -0.39 is 0 Å². The van der Waals surface area contributed by atoms with Crippen LogP contribution in [0.1, 0.15) is 29.4 Å². The molecule has 1 aliphatic rings. The van der Waals surface area contributed by atoms with Gasteiger partial charge in [0, 0.05) is 23.5 Å². The highest BCUT2D eigenvalue weighted by Crippen LogP contribution is 2.32. The van der Waals surface area contributed by atoms with Crippen molar-refractivity contribution in [2.45, 2.75) is 30.6 Å². The van der Waals surface area contributed by atoms with Gasteiger partial charge in [-0.15, -0.1) is 16.9 Å². The predicted molar refractivity (Wildman–Crippen MR) is 116 cm³/mol. The van der Waals surface area contributed by atoms with Gasteiger partial charge in [-0.3, -0.25) is 14.9 Å². The second kappa shape index (κ2) is 8.71. The van der Waals surface area contributed by atoms with Crippen molar-refractivity contribution in [1.29, 1.82) is 0 Å². The summed E-state index contributed by atoms with van der Waals surface area (Å²) in [6, 6.07) is 15.6. The number of benzene rings is 2. The van der Waals surface area contributed by atoms with Crippen LogP contribution in [0.15, 0.2) is 57.8 Å². The van der Waals surface area contributed by atoms with Crippen molar-refractivity contribution >= 4 is 35.3 Å². The molecule has 1 atom stereocenters. The van der Waals surface area contributed by atoms with Gasteiger partial charge in [0.1, 0.15) is 0 Å². The molecule has 2 amide bonds. The molecule has 0 bridgehead atoms. The molecule has 3 aromatic rings. The average molecular weight is 423 g/mol. The van der Waals surface area contributed by atoms with Crippen LogP contribution in [0.5, 0.6) is 0 Å². The number of nitrogens with one attached hydrogen (secondary N) is 1. The van der Waals surface area contributed by atoms with Gasteiger partial charge in [-0.1, -0.05) is 29.4 Å². The van der Waals surface area contributed by atoms with Gasteiger partial charge in [-0.2, -0.15) is 0 Å². The number of hydrogen-bond acceptors (Lipinski definition) is 6. The van der Waals surface area contributed by atoms with Gasteiger partial charge < -0.3 is 9.32 Å². The Bertz CT molecular complexity index is 1060. The molecule has 7 nitrogen and oxygen atoms in total. The first-order valence-electron chi connectivity index (χ1n) is 9.65. The van der Waals surface area contributed by atoms with Crippen LogP contribution in [0.3, 0.4) is 0 Å². The molecule has 1 unspecified atom stereocenters. The van der Waals surface area contributed by atoms with Gasteiger partial charge >= 0.3 is 6.01 Å². The Labute approximate surface area is 178 Å². The molecule has 30 heavy (non-hydrogen) atoms. The second-order valence-electron chi connectivity index (χ2n) is 7.20. The molecule has 8 heteroatoms. The van der Waals surface area contributed by atoms with Gasteiger partial charge in [-0.25, -0.2) is 0 Å². The van der Waals surface area contributed by atoms with Crippen molar-refractivity contribution in [1.82, 2.24) is 10.2 Å². The minimum absolute atomic E-state index is 0.0141. The molecule has 2 heterocycles. The normalized spacial score (nSPS) is 16.1. The maximum Gasteiger partial charge on any atom is 0.322 e. The fourth-order valence-corrected chi connectivity index (χ4v) is 3.89. The van der Waals surface area contributed by atoms with Crippen molar-refractivity contribution in [2.24, 2.45) is 0 Å². The standard InChI is InChI=1S/C22H22N4O3S/c1-14-5-3-4-6-15(14)11-19(27)23-22-25-24-21(29-22)16-12-20(28)26(13-16)17-7-9-18(30-2)10-8-17/h3-10,16H,11-13H2,1-2H3,(H,23,25,27). The zero-order chi connectivity index (χ0) is 21.1. The molecule has 1 aromatic heterocycles. The number of rotatable bonds is 6. The SMILES string of the molecule is CSc1ccc(N2CC(c3nnc(NC(=O)Cc4ccccc4C)o3)CC2=O)cc1. The predicted octanol–water partition coefficient (Wildman–Crippen LogP) is 3.80. The van der Waals surface area contributed by atoms with Crippen molar-refractivity contribution in [3.8, 4) is 0 Å². The van der Waals surface area contributed by atoms with Crippen LogP contribution in [0.2, 0.25) is 0 Å². The highest BCUT2D eigenvalue weighted by molar-refractivity contribution is 7.98. The van der Waals surface area contributed by atoms with E-state index in [-0.39, 0.29) is 30.2 Å². The fourth-order valence-electron chi connectivity index (χ4n) is 3.48. The van der Waals surface area contributed by atoms with E-state index in [9.17, 15) is 9.59 Å². The van der Waals surface area contributed by atoms with Crippen LogP contribution >= 0.6 is 11.8 Å². The molecule has 0 aliphatic carbocycles. The van der Waals surface area contributed by atoms with E-state index in [0.29, 0.717) is 18.9 Å². The lowest BCUT2D eigenvalue weighted by Gasteiger charge is -2.16. The molecule has 1 N–H and O–H groups in total. The number of amides is 2. The van der Waals surface area contributed by atoms with Crippen molar-refractivity contribution < 1.29 is 14.0 Å². The Balaban J connectivity index is 1.39. The van der Waals surface area contributed by atoms with Crippen LogP contribution in [0.4, 0.5) is 11.7 Å². The van der Waals surface area contributed by atoms with Crippen molar-refractivity contribution in [3.63, 3.8) is 0 Å². The smallest absolute Gasteiger partial charge is 0.322 e. The lowest BCUT2D eigenvalue weighted by atomic mass is 10.1. The highest BCUT2D eigenvalue weighted by atomic mass is 32.2. The number of hydrogen-bond donors (Lipinski definition) is 1. The second-order valence-corrected chi connectivity index (χ2v) is 8.08. The van der Waals surface area contributed by atoms with Gasteiger partial charge in [0.05, 0.1) is 12.3 Å². The molecule has 0 spiro atoms. The quantitative estimate of drug-likeness (QED) is 0.608. The molecular formula is C22H22N4O3S. The summed E-state index contributed by atoms with van der Waals surface area (Å²) >= 11 is 1.66. The Morgan fingerprint density at radius 2 is 1.97 bits per heavy atom. The van der Waals surface area contributed by atoms with Gasteiger partial charge in [0.2, 0.25) is 17.7 Å². The molecule has 0 saturated carbocycles. The number of carbonyl (C=O) groups is 2. The van der Waals surface area contributed by atoms with Crippen molar-refractivity contribution in [2.75, 3.05) is 23.0 Å². The summed E-state index contributed by atoms with van der Waals surface area (Å²) in [5.74, 6) is -0.0530. The summed E-state index contributed by atoms with van der Waals surface area (Å²) in [7, 11) is 0. The first kappa shape index (κ1) is 20.2. The largest absolute Gasteiger partial charge is 0.407 e. The molecule has 154 valence electrons. The summed E-state index contributed by atoms with van der Waals surface area (Å²) in [6.45, 7) is 2.43. The Morgan fingerprint density at radius 3 is 2.70 bits per heavy atom. The molecule has 2 aromatic carbocycles. The summed E-state index contributed by atoms with van der Waals surface area (Å²) in [5, 5.41) is 10.6. The zero-order valence-electron chi connectivity index (χ0n) is 16.8. The van der Waals surface area contributed by atoms with Crippen LogP contribution in [-0.4, -0.2) is 34.8 Å². The minimum atomic E-state index is -0.225. The molecule has 1 fully saturated rings. The van der Waals surface area contributed by atoms with Crippen LogP contribution in [-0.2, 0) is 16.0 Å². The third-order valence-corrected chi connectivity index (χ3v) is 5.90. The Hall–Kier alpha value is -3.13. The van der Waals surface area contributed by atoms with Gasteiger partial charge in [-0.05, 0) is 48.6 Å². The number of aromatic nitrogens is 2. The van der Waals surface area contributed by atoms with E-state index in [1.165, 1.54) is 0 Å². The van der Waals surface area contributed by atoms with Gasteiger partial charge in [0.15, 0.2) is 0 Å². The summed E-state index contributed by atoms with van der Waals surface area (Å²) in [5.41, 5.74) is 2.85. The Morgan fingerprint density at radius 1 is 1.20 bits per heavy atom. The van der Waals surface area contributed by atoms with Crippen LogP contribution in [0.25, 0.3) is 0 Å². The van der Waals surface area contributed by atoms with E-state index in [0.717, 1.165) is 21.7 Å². The van der Waals surface area contributed by atoms with E-state index >= 15 is 0 Å². The highest BCUT2D eigenvalue weighted by Gasteiger charge is 2.35. The summed E-state index contributed by atoms with van der Waals surface area (Å²) < 4.78 is 5.64. The fraction of sp³-hybridized carbons (Fsp3) is 0.273. The Kier molecular flexibility index (Phi) is 5.85. The number of anilines is 2. The summed E-state index contributed by atoms with van der Waals surface area (Å²) in [4.78, 5) is 27.7. The van der Waals surface area contributed by atoms with Crippen LogP contribution in [0, 0.1) is 6.92 Å². The molecule has 1 saturated heterocycles. The first-order valence-corrected chi connectivity index (χ1v) is 10.9. The maximum absolute atomic E-state index is 12.5. The lowest BCUT2D eigenvalue weighted by Crippen LogP contribution is -2.24. The van der Waals surface area contributed by atoms with Crippen LogP contribution < -0.4 is 10.2 Å². The minimum Gasteiger partial charge on any atom is -0.407 e. The first-order chi connectivity index (χ1) is 14.5. The number of aryl methyl sites for hydroxylation is 1. The average Bonchev–Trinajstić information content (AvgIpc) is 3.36. The molecular weight excluding hydrogens is 400 g/mol. The van der Waals surface area contributed by atoms with E-state index in [1.54, 1.807) is 16.7 Å². The number of nitrogens with zero attached hydrogens (tertiary/aromatic N) is 3. The molecule has 4 rings (SSSR count). The zero-order valence-corrected chi connectivity index (χ0v) is 17.6. The van der Waals surface area contributed by atoms with E-state index in [1.807, 2.05) is 61.7 Å². The summed E-state index contributed by atoms with van der Waals surface area (Å²) in [6.07, 6.45) is 2.54. The number of thioether (sulfide) groups is 1. The van der Waals surface area contributed by atoms with E-state index in [4.69, 9.17) is 4.42 Å². The van der Waals surface area contributed by atoms with E-state index in [2.05, 4.69) is 15.5 Å².